The molecule has 1 aliphatic heterocycles. The molecule has 1 heterocycles. The van der Waals surface area contributed by atoms with Crippen molar-refractivity contribution in [2.75, 3.05) is 31.0 Å². The van der Waals surface area contributed by atoms with Gasteiger partial charge in [0.05, 0.1) is 25.8 Å². The summed E-state index contributed by atoms with van der Waals surface area (Å²) in [6.45, 7) is 0.280. The fourth-order valence-corrected chi connectivity index (χ4v) is 3.63. The fraction of sp³-hybridized carbons (Fsp3) is 0.200. The topological polar surface area (TPSA) is 77.1 Å². The molecule has 1 saturated heterocycles. The van der Waals surface area contributed by atoms with E-state index in [9.17, 15) is 9.59 Å². The summed E-state index contributed by atoms with van der Waals surface area (Å²) in [6, 6.07) is 21.8. The van der Waals surface area contributed by atoms with Crippen molar-refractivity contribution >= 4 is 23.2 Å². The summed E-state index contributed by atoms with van der Waals surface area (Å²) in [7, 11) is 3.09. The fourth-order valence-electron chi connectivity index (χ4n) is 3.63. The van der Waals surface area contributed by atoms with Crippen LogP contribution in [0.5, 0.6) is 23.0 Å². The monoisotopic (exact) mass is 432 g/mol. The van der Waals surface area contributed by atoms with Crippen molar-refractivity contribution in [3.05, 3.63) is 72.8 Å². The minimum Gasteiger partial charge on any atom is -0.493 e. The molecule has 0 radical (unpaired) electrons. The van der Waals surface area contributed by atoms with Crippen molar-refractivity contribution in [2.24, 2.45) is 5.92 Å². The van der Waals surface area contributed by atoms with Gasteiger partial charge in [-0.1, -0.05) is 30.3 Å². The van der Waals surface area contributed by atoms with Crippen molar-refractivity contribution in [2.45, 2.75) is 6.42 Å². The van der Waals surface area contributed by atoms with Crippen LogP contribution in [0.4, 0.5) is 11.4 Å². The Hall–Kier alpha value is -4.00. The minimum absolute atomic E-state index is 0.119. The third-order valence-electron chi connectivity index (χ3n) is 5.29. The molecule has 164 valence electrons. The molecule has 1 unspecified atom stereocenters. The van der Waals surface area contributed by atoms with Gasteiger partial charge in [-0.05, 0) is 36.4 Å². The van der Waals surface area contributed by atoms with Crippen LogP contribution in [0.2, 0.25) is 0 Å². The van der Waals surface area contributed by atoms with Crippen molar-refractivity contribution in [1.29, 1.82) is 0 Å². The standard InChI is InChI=1S/C25H24N2O5/c1-30-22-13-12-18(15-23(22)31-2)27-16-17(14-24(27)28)25(29)26-20-10-6-7-11-21(20)32-19-8-4-3-5-9-19/h3-13,15,17H,14,16H2,1-2H3,(H,26,29). The zero-order chi connectivity index (χ0) is 22.5. The number of methoxy groups -OCH3 is 2. The van der Waals surface area contributed by atoms with E-state index in [-0.39, 0.29) is 24.8 Å². The predicted molar refractivity (Wildman–Crippen MR) is 122 cm³/mol. The Bertz CT molecular complexity index is 1120. The number of rotatable bonds is 7. The minimum atomic E-state index is -0.486. The third kappa shape index (κ3) is 4.51. The lowest BCUT2D eigenvalue weighted by molar-refractivity contribution is -0.122. The van der Waals surface area contributed by atoms with Gasteiger partial charge in [0.1, 0.15) is 5.75 Å². The van der Waals surface area contributed by atoms with E-state index in [1.807, 2.05) is 42.5 Å². The van der Waals surface area contributed by atoms with E-state index in [0.717, 1.165) is 0 Å². The van der Waals surface area contributed by atoms with Crippen LogP contribution in [0.3, 0.4) is 0 Å². The molecule has 1 N–H and O–H groups in total. The smallest absolute Gasteiger partial charge is 0.229 e. The largest absolute Gasteiger partial charge is 0.493 e. The average molecular weight is 432 g/mol. The van der Waals surface area contributed by atoms with Gasteiger partial charge in [0.2, 0.25) is 11.8 Å². The van der Waals surface area contributed by atoms with E-state index in [4.69, 9.17) is 14.2 Å². The number of hydrogen-bond donors (Lipinski definition) is 1. The van der Waals surface area contributed by atoms with Crippen molar-refractivity contribution in [3.63, 3.8) is 0 Å². The molecular weight excluding hydrogens is 408 g/mol. The zero-order valence-corrected chi connectivity index (χ0v) is 17.9. The maximum atomic E-state index is 13.0. The quantitative estimate of drug-likeness (QED) is 0.595. The van der Waals surface area contributed by atoms with Gasteiger partial charge >= 0.3 is 0 Å². The molecule has 7 heteroatoms. The Morgan fingerprint density at radius 2 is 1.62 bits per heavy atom. The van der Waals surface area contributed by atoms with Gasteiger partial charge in [-0.25, -0.2) is 0 Å². The molecule has 2 amide bonds. The van der Waals surface area contributed by atoms with Crippen LogP contribution in [-0.4, -0.2) is 32.6 Å². The van der Waals surface area contributed by atoms with Crippen molar-refractivity contribution in [3.8, 4) is 23.0 Å². The second-order valence-electron chi connectivity index (χ2n) is 7.35. The summed E-state index contributed by atoms with van der Waals surface area (Å²) in [4.78, 5) is 27.2. The van der Waals surface area contributed by atoms with Crippen molar-refractivity contribution in [1.82, 2.24) is 0 Å². The highest BCUT2D eigenvalue weighted by Gasteiger charge is 2.35. The lowest BCUT2D eigenvalue weighted by Crippen LogP contribution is -2.28. The Morgan fingerprint density at radius 1 is 0.906 bits per heavy atom. The number of carbonyl (C=O) groups is 2. The number of amides is 2. The molecule has 32 heavy (non-hydrogen) atoms. The van der Waals surface area contributed by atoms with Gasteiger partial charge in [-0.15, -0.1) is 0 Å². The maximum Gasteiger partial charge on any atom is 0.229 e. The SMILES string of the molecule is COc1ccc(N2CC(C(=O)Nc3ccccc3Oc3ccccc3)CC2=O)cc1OC. The first-order valence-electron chi connectivity index (χ1n) is 10.2. The number of anilines is 2. The first-order chi connectivity index (χ1) is 15.6. The maximum absolute atomic E-state index is 13.0. The highest BCUT2D eigenvalue weighted by atomic mass is 16.5. The number of benzene rings is 3. The van der Waals surface area contributed by atoms with Crippen molar-refractivity contribution < 1.29 is 23.8 Å². The van der Waals surface area contributed by atoms with Gasteiger partial charge in [0, 0.05) is 24.7 Å². The molecule has 1 fully saturated rings. The van der Waals surface area contributed by atoms with E-state index in [1.54, 1.807) is 49.5 Å². The number of ether oxygens (including phenoxy) is 3. The molecule has 1 aliphatic rings. The summed E-state index contributed by atoms with van der Waals surface area (Å²) in [5.41, 5.74) is 1.22. The van der Waals surface area contributed by atoms with Crippen LogP contribution in [0.15, 0.2) is 72.8 Å². The second-order valence-corrected chi connectivity index (χ2v) is 7.35. The van der Waals surface area contributed by atoms with Crippen LogP contribution < -0.4 is 24.4 Å². The molecule has 0 aliphatic carbocycles. The summed E-state index contributed by atoms with van der Waals surface area (Å²) in [6.07, 6.45) is 0.127. The number of nitrogens with one attached hydrogen (secondary N) is 1. The highest BCUT2D eigenvalue weighted by molar-refractivity contribution is 6.04. The van der Waals surface area contributed by atoms with E-state index >= 15 is 0 Å². The number of hydrogen-bond acceptors (Lipinski definition) is 5. The molecule has 0 saturated carbocycles. The third-order valence-corrected chi connectivity index (χ3v) is 5.29. The van der Waals surface area contributed by atoms with Crippen LogP contribution in [-0.2, 0) is 9.59 Å². The van der Waals surface area contributed by atoms with Crippen LogP contribution >= 0.6 is 0 Å². The Kier molecular flexibility index (Phi) is 6.26. The molecule has 0 spiro atoms. The summed E-state index contributed by atoms with van der Waals surface area (Å²) < 4.78 is 16.5. The van der Waals surface area contributed by atoms with E-state index in [0.29, 0.717) is 34.4 Å². The summed E-state index contributed by atoms with van der Waals surface area (Å²) >= 11 is 0. The first kappa shape index (κ1) is 21.2. The molecule has 0 aromatic heterocycles. The summed E-state index contributed by atoms with van der Waals surface area (Å²) in [5, 5.41) is 2.92. The normalized spacial score (nSPS) is 15.4. The van der Waals surface area contributed by atoms with Gasteiger partial charge in [-0.2, -0.15) is 0 Å². The molecule has 1 atom stereocenters. The average Bonchev–Trinajstić information content (AvgIpc) is 3.22. The molecule has 4 rings (SSSR count). The lowest BCUT2D eigenvalue weighted by Gasteiger charge is -2.19. The van der Waals surface area contributed by atoms with Gasteiger partial charge in [-0.3, -0.25) is 9.59 Å². The van der Waals surface area contributed by atoms with E-state index in [1.165, 1.54) is 0 Å². The number of carbonyl (C=O) groups excluding carboxylic acids is 2. The first-order valence-corrected chi connectivity index (χ1v) is 10.2. The Balaban J connectivity index is 1.47. The van der Waals surface area contributed by atoms with Gasteiger partial charge in [0.15, 0.2) is 17.2 Å². The highest BCUT2D eigenvalue weighted by Crippen LogP contribution is 2.35. The molecule has 0 bridgehead atoms. The Labute approximate surface area is 186 Å². The predicted octanol–water partition coefficient (Wildman–Crippen LogP) is 4.49. The lowest BCUT2D eigenvalue weighted by atomic mass is 10.1. The molecule has 3 aromatic rings. The molecular formula is C25H24N2O5. The summed E-state index contributed by atoms with van der Waals surface area (Å²) in [5.74, 6) is 1.47. The molecule has 7 nitrogen and oxygen atoms in total. The number of nitrogens with zero attached hydrogens (tertiary/aromatic N) is 1. The van der Waals surface area contributed by atoms with E-state index in [2.05, 4.69) is 5.32 Å². The Morgan fingerprint density at radius 3 is 2.38 bits per heavy atom. The number of para-hydroxylation sites is 3. The second kappa shape index (κ2) is 9.43. The van der Waals surface area contributed by atoms with Crippen LogP contribution in [0, 0.1) is 5.92 Å². The molecule has 3 aromatic carbocycles. The van der Waals surface area contributed by atoms with Crippen LogP contribution in [0.25, 0.3) is 0 Å². The van der Waals surface area contributed by atoms with Crippen LogP contribution in [0.1, 0.15) is 6.42 Å². The zero-order valence-electron chi connectivity index (χ0n) is 17.9. The van der Waals surface area contributed by atoms with E-state index < -0.39 is 5.92 Å². The van der Waals surface area contributed by atoms with Gasteiger partial charge < -0.3 is 24.4 Å². The van der Waals surface area contributed by atoms with Gasteiger partial charge in [0.25, 0.3) is 0 Å².